The lowest BCUT2D eigenvalue weighted by molar-refractivity contribution is -0.134. The van der Waals surface area contributed by atoms with E-state index >= 15 is 0 Å². The van der Waals surface area contributed by atoms with Crippen molar-refractivity contribution in [2.75, 3.05) is 11.8 Å². The van der Waals surface area contributed by atoms with Gasteiger partial charge in [-0.3, -0.25) is 0 Å². The molecule has 126 valence electrons. The molecule has 1 unspecified atom stereocenters. The lowest BCUT2D eigenvalue weighted by atomic mass is 10.1. The molecule has 3 aromatic carbocycles. The molecule has 0 aliphatic rings. The first kappa shape index (κ1) is 16.9. The Kier molecular flexibility index (Phi) is 5.26. The standard InChI is InChI=1S/C20H17NO3S/c1-24-20(22)13-12-15-6-4-9-17(14-15)25(23)21-19-11-5-8-16-7-2-3-10-18(16)19/h2-14,21H,1H3/b13-12+. The first-order valence-corrected chi connectivity index (χ1v) is 8.84. The van der Waals surface area contributed by atoms with Gasteiger partial charge in [-0.2, -0.15) is 0 Å². The minimum atomic E-state index is -1.42. The normalized spacial score (nSPS) is 12.2. The molecular weight excluding hydrogens is 334 g/mol. The second-order valence-electron chi connectivity index (χ2n) is 5.33. The third-order valence-electron chi connectivity index (χ3n) is 3.68. The predicted molar refractivity (Wildman–Crippen MR) is 101 cm³/mol. The molecule has 0 fully saturated rings. The van der Waals surface area contributed by atoms with Crippen molar-refractivity contribution < 1.29 is 13.7 Å². The molecule has 4 nitrogen and oxygen atoms in total. The van der Waals surface area contributed by atoms with Crippen molar-refractivity contribution in [1.82, 2.24) is 0 Å². The lowest BCUT2D eigenvalue weighted by Crippen LogP contribution is -2.05. The number of carbonyl (C=O) groups excluding carboxylic acids is 1. The highest BCUT2D eigenvalue weighted by molar-refractivity contribution is 7.86. The molecule has 0 saturated carbocycles. The molecule has 1 atom stereocenters. The summed E-state index contributed by atoms with van der Waals surface area (Å²) in [6, 6.07) is 21.0. The van der Waals surface area contributed by atoms with Crippen molar-refractivity contribution in [2.24, 2.45) is 0 Å². The monoisotopic (exact) mass is 351 g/mol. The molecule has 3 rings (SSSR count). The van der Waals surface area contributed by atoms with E-state index in [2.05, 4.69) is 9.46 Å². The summed E-state index contributed by atoms with van der Waals surface area (Å²) >= 11 is 0. The maximum Gasteiger partial charge on any atom is 0.330 e. The lowest BCUT2D eigenvalue weighted by Gasteiger charge is -2.09. The fourth-order valence-corrected chi connectivity index (χ4v) is 3.38. The third kappa shape index (κ3) is 4.14. The van der Waals surface area contributed by atoms with Crippen molar-refractivity contribution in [3.8, 4) is 0 Å². The number of anilines is 1. The van der Waals surface area contributed by atoms with Gasteiger partial charge in [-0.25, -0.2) is 9.00 Å². The van der Waals surface area contributed by atoms with Gasteiger partial charge in [0.15, 0.2) is 0 Å². The summed E-state index contributed by atoms with van der Waals surface area (Å²) in [6.45, 7) is 0. The molecular formula is C20H17NO3S. The zero-order valence-corrected chi connectivity index (χ0v) is 14.5. The fraction of sp³-hybridized carbons (Fsp3) is 0.0500. The van der Waals surface area contributed by atoms with E-state index in [0.717, 1.165) is 22.0 Å². The summed E-state index contributed by atoms with van der Waals surface area (Å²) in [6.07, 6.45) is 2.96. The number of hydrogen-bond acceptors (Lipinski definition) is 3. The van der Waals surface area contributed by atoms with Crippen LogP contribution in [0.2, 0.25) is 0 Å². The average Bonchev–Trinajstić information content (AvgIpc) is 2.66. The van der Waals surface area contributed by atoms with E-state index in [9.17, 15) is 9.00 Å². The molecule has 25 heavy (non-hydrogen) atoms. The maximum atomic E-state index is 12.7. The van der Waals surface area contributed by atoms with Crippen LogP contribution in [0.4, 0.5) is 5.69 Å². The van der Waals surface area contributed by atoms with Crippen LogP contribution >= 0.6 is 0 Å². The van der Waals surface area contributed by atoms with Crippen LogP contribution < -0.4 is 4.72 Å². The first-order chi connectivity index (χ1) is 12.2. The smallest absolute Gasteiger partial charge is 0.330 e. The Balaban J connectivity index is 1.84. The minimum Gasteiger partial charge on any atom is -0.466 e. The minimum absolute atomic E-state index is 0.430. The second kappa shape index (κ2) is 7.77. The predicted octanol–water partition coefficient (Wildman–Crippen LogP) is 4.16. The van der Waals surface area contributed by atoms with Gasteiger partial charge in [-0.05, 0) is 35.2 Å². The van der Waals surface area contributed by atoms with Crippen molar-refractivity contribution in [3.63, 3.8) is 0 Å². The number of hydrogen-bond donors (Lipinski definition) is 1. The Morgan fingerprint density at radius 3 is 2.64 bits per heavy atom. The van der Waals surface area contributed by atoms with Crippen LogP contribution in [0.3, 0.4) is 0 Å². The van der Waals surface area contributed by atoms with Crippen molar-refractivity contribution >= 4 is 39.5 Å². The van der Waals surface area contributed by atoms with Crippen molar-refractivity contribution in [2.45, 2.75) is 4.90 Å². The molecule has 0 radical (unpaired) electrons. The van der Waals surface area contributed by atoms with Crippen LogP contribution in [0.15, 0.2) is 77.7 Å². The Hall–Kier alpha value is -2.92. The van der Waals surface area contributed by atoms with E-state index in [-0.39, 0.29) is 0 Å². The molecule has 0 aliphatic carbocycles. The third-order valence-corrected chi connectivity index (χ3v) is 4.76. The van der Waals surface area contributed by atoms with Crippen LogP contribution in [-0.4, -0.2) is 17.3 Å². The van der Waals surface area contributed by atoms with Crippen LogP contribution in [0, 0.1) is 0 Å². The Morgan fingerprint density at radius 1 is 1.04 bits per heavy atom. The number of ether oxygens (including phenoxy) is 1. The molecule has 1 N–H and O–H groups in total. The zero-order valence-electron chi connectivity index (χ0n) is 13.6. The molecule has 0 spiro atoms. The summed E-state index contributed by atoms with van der Waals surface area (Å²) in [5, 5.41) is 2.10. The van der Waals surface area contributed by atoms with Crippen LogP contribution in [0.5, 0.6) is 0 Å². The van der Waals surface area contributed by atoms with Gasteiger partial charge in [0.2, 0.25) is 0 Å². The molecule has 0 saturated heterocycles. The average molecular weight is 351 g/mol. The van der Waals surface area contributed by atoms with E-state index < -0.39 is 17.0 Å². The molecule has 3 aromatic rings. The summed E-state index contributed by atoms with van der Waals surface area (Å²) in [5.41, 5.74) is 1.59. The van der Waals surface area contributed by atoms with Crippen LogP contribution in [0.1, 0.15) is 5.56 Å². The van der Waals surface area contributed by atoms with Gasteiger partial charge >= 0.3 is 5.97 Å². The van der Waals surface area contributed by atoms with Crippen molar-refractivity contribution in [3.05, 3.63) is 78.4 Å². The molecule has 0 aromatic heterocycles. The topological polar surface area (TPSA) is 55.4 Å². The SMILES string of the molecule is COC(=O)/C=C/c1cccc(S(=O)Nc2cccc3ccccc23)c1. The van der Waals surface area contributed by atoms with Crippen LogP contribution in [-0.2, 0) is 20.5 Å². The molecule has 5 heteroatoms. The maximum absolute atomic E-state index is 12.7. The number of methoxy groups -OCH3 is 1. The summed E-state index contributed by atoms with van der Waals surface area (Å²) < 4.78 is 20.3. The second-order valence-corrected chi connectivity index (χ2v) is 6.54. The largest absolute Gasteiger partial charge is 0.466 e. The fourth-order valence-electron chi connectivity index (χ4n) is 2.44. The number of fused-ring (bicyclic) bond motifs is 1. The molecule has 0 aliphatic heterocycles. The van der Waals surface area contributed by atoms with Gasteiger partial charge in [0.25, 0.3) is 0 Å². The van der Waals surface area contributed by atoms with Crippen LogP contribution in [0.25, 0.3) is 16.8 Å². The van der Waals surface area contributed by atoms with Gasteiger partial charge in [0.1, 0.15) is 11.0 Å². The molecule has 0 heterocycles. The molecule has 0 bridgehead atoms. The van der Waals surface area contributed by atoms with Gasteiger partial charge in [-0.1, -0.05) is 48.5 Å². The number of esters is 1. The van der Waals surface area contributed by atoms with Gasteiger partial charge < -0.3 is 9.46 Å². The first-order valence-electron chi connectivity index (χ1n) is 7.69. The summed E-state index contributed by atoms with van der Waals surface area (Å²) in [7, 11) is -0.0912. The summed E-state index contributed by atoms with van der Waals surface area (Å²) in [4.78, 5) is 11.8. The quantitative estimate of drug-likeness (QED) is 0.555. The number of carbonyl (C=O) groups is 1. The highest BCUT2D eigenvalue weighted by Gasteiger charge is 2.07. The van der Waals surface area contributed by atoms with E-state index in [1.54, 1.807) is 24.3 Å². The summed E-state index contributed by atoms with van der Waals surface area (Å²) in [5.74, 6) is -0.430. The van der Waals surface area contributed by atoms with Gasteiger partial charge in [0, 0.05) is 11.5 Å². The Morgan fingerprint density at radius 2 is 1.80 bits per heavy atom. The number of nitrogens with one attached hydrogen (secondary N) is 1. The number of rotatable bonds is 5. The van der Waals surface area contributed by atoms with Crippen molar-refractivity contribution in [1.29, 1.82) is 0 Å². The van der Waals surface area contributed by atoms with Gasteiger partial charge in [-0.15, -0.1) is 0 Å². The molecule has 0 amide bonds. The highest BCUT2D eigenvalue weighted by atomic mass is 32.2. The van der Waals surface area contributed by atoms with E-state index in [4.69, 9.17) is 0 Å². The Bertz CT molecular complexity index is 961. The zero-order chi connectivity index (χ0) is 17.6. The van der Waals surface area contributed by atoms with E-state index in [1.807, 2.05) is 48.5 Å². The highest BCUT2D eigenvalue weighted by Crippen LogP contribution is 2.24. The number of benzene rings is 3. The van der Waals surface area contributed by atoms with E-state index in [1.165, 1.54) is 13.2 Å². The van der Waals surface area contributed by atoms with Gasteiger partial charge in [0.05, 0.1) is 17.7 Å². The Labute approximate surface area is 148 Å². The van der Waals surface area contributed by atoms with E-state index in [0.29, 0.717) is 4.90 Å².